The number of ether oxygens (including phenoxy) is 2. The molecule has 2 saturated heterocycles. The summed E-state index contributed by atoms with van der Waals surface area (Å²) in [5.41, 5.74) is 0.855. The van der Waals surface area contributed by atoms with E-state index >= 15 is 0 Å². The smallest absolute Gasteiger partial charge is 0.238 e. The van der Waals surface area contributed by atoms with Crippen LogP contribution in [0.2, 0.25) is 0 Å². The zero-order valence-electron chi connectivity index (χ0n) is 12.5. The predicted octanol–water partition coefficient (Wildman–Crippen LogP) is 2.31. The van der Waals surface area contributed by atoms with Crippen molar-refractivity contribution in [2.75, 3.05) is 38.2 Å². The lowest BCUT2D eigenvalue weighted by Crippen LogP contribution is -2.41. The monoisotopic (exact) mass is 416 g/mol. The van der Waals surface area contributed by atoms with Crippen LogP contribution < -0.4 is 5.32 Å². The van der Waals surface area contributed by atoms with Crippen molar-refractivity contribution < 1.29 is 14.3 Å². The largest absolute Gasteiger partial charge is 0.350 e. The van der Waals surface area contributed by atoms with E-state index in [-0.39, 0.29) is 12.2 Å². The molecule has 0 unspecified atom stereocenters. The molecule has 0 aromatic heterocycles. The van der Waals surface area contributed by atoms with Crippen LogP contribution in [0.4, 0.5) is 5.69 Å². The SMILES string of the molecule is O=C(CN1CCC(C2OCCO2)CC1)Nc1ccc(I)cc1. The van der Waals surface area contributed by atoms with Crippen molar-refractivity contribution in [2.45, 2.75) is 19.1 Å². The van der Waals surface area contributed by atoms with E-state index in [2.05, 4.69) is 32.8 Å². The van der Waals surface area contributed by atoms with Crippen molar-refractivity contribution in [1.82, 2.24) is 4.90 Å². The van der Waals surface area contributed by atoms with Crippen LogP contribution in [0.15, 0.2) is 24.3 Å². The van der Waals surface area contributed by atoms with Crippen LogP contribution in [0.5, 0.6) is 0 Å². The van der Waals surface area contributed by atoms with Crippen molar-refractivity contribution in [1.29, 1.82) is 0 Å². The molecule has 0 aliphatic carbocycles. The number of halogens is 1. The lowest BCUT2D eigenvalue weighted by Gasteiger charge is -2.33. The van der Waals surface area contributed by atoms with Gasteiger partial charge < -0.3 is 14.8 Å². The molecule has 0 bridgehead atoms. The van der Waals surface area contributed by atoms with E-state index in [9.17, 15) is 4.79 Å². The van der Waals surface area contributed by atoms with Gasteiger partial charge in [-0.1, -0.05) is 0 Å². The second-order valence-electron chi connectivity index (χ2n) is 5.78. The first kappa shape index (κ1) is 16.2. The van der Waals surface area contributed by atoms with Crippen LogP contribution in [0.3, 0.4) is 0 Å². The fourth-order valence-electron chi connectivity index (χ4n) is 2.97. The van der Waals surface area contributed by atoms with Crippen molar-refractivity contribution in [2.24, 2.45) is 5.92 Å². The number of anilines is 1. The minimum atomic E-state index is -0.0252. The number of carbonyl (C=O) groups is 1. The summed E-state index contributed by atoms with van der Waals surface area (Å²) in [5, 5.41) is 2.95. The third kappa shape index (κ3) is 4.41. The highest BCUT2D eigenvalue weighted by atomic mass is 127. The molecule has 1 amide bonds. The van der Waals surface area contributed by atoms with Crippen LogP contribution in [-0.2, 0) is 14.3 Å². The molecule has 2 heterocycles. The Labute approximate surface area is 144 Å². The van der Waals surface area contributed by atoms with E-state index in [0.717, 1.165) is 35.2 Å². The summed E-state index contributed by atoms with van der Waals surface area (Å²) in [6.07, 6.45) is 2.03. The Hall–Kier alpha value is -0.700. The summed E-state index contributed by atoms with van der Waals surface area (Å²) >= 11 is 2.25. The van der Waals surface area contributed by atoms with Gasteiger partial charge in [-0.2, -0.15) is 0 Å². The topological polar surface area (TPSA) is 50.8 Å². The summed E-state index contributed by atoms with van der Waals surface area (Å²) in [4.78, 5) is 14.3. The summed E-state index contributed by atoms with van der Waals surface area (Å²) in [6.45, 7) is 3.72. The van der Waals surface area contributed by atoms with Gasteiger partial charge in [-0.25, -0.2) is 0 Å². The first-order valence-electron chi connectivity index (χ1n) is 7.72. The quantitative estimate of drug-likeness (QED) is 0.766. The molecule has 2 aliphatic heterocycles. The van der Waals surface area contributed by atoms with Gasteiger partial charge in [0.25, 0.3) is 0 Å². The zero-order valence-corrected chi connectivity index (χ0v) is 14.6. The highest BCUT2D eigenvalue weighted by Crippen LogP contribution is 2.25. The molecule has 22 heavy (non-hydrogen) atoms. The van der Waals surface area contributed by atoms with Gasteiger partial charge in [0.05, 0.1) is 19.8 Å². The van der Waals surface area contributed by atoms with Crippen molar-refractivity contribution >= 4 is 34.2 Å². The molecule has 1 aromatic rings. The minimum Gasteiger partial charge on any atom is -0.350 e. The normalized spacial score (nSPS) is 21.1. The van der Waals surface area contributed by atoms with Gasteiger partial charge in [0.15, 0.2) is 6.29 Å². The van der Waals surface area contributed by atoms with Gasteiger partial charge in [-0.05, 0) is 72.8 Å². The van der Waals surface area contributed by atoms with Crippen LogP contribution in [-0.4, -0.2) is 49.9 Å². The molecule has 2 aliphatic rings. The molecule has 0 spiro atoms. The summed E-state index contributed by atoms with van der Waals surface area (Å²) < 4.78 is 12.3. The van der Waals surface area contributed by atoms with E-state index in [4.69, 9.17) is 9.47 Å². The van der Waals surface area contributed by atoms with E-state index in [1.807, 2.05) is 24.3 Å². The fourth-order valence-corrected chi connectivity index (χ4v) is 3.33. The number of rotatable bonds is 4. The lowest BCUT2D eigenvalue weighted by molar-refractivity contribution is -0.119. The predicted molar refractivity (Wildman–Crippen MR) is 92.6 cm³/mol. The van der Waals surface area contributed by atoms with Crippen LogP contribution in [0.25, 0.3) is 0 Å². The fraction of sp³-hybridized carbons (Fsp3) is 0.562. The second kappa shape index (κ2) is 7.72. The maximum atomic E-state index is 12.1. The Morgan fingerprint density at radius 2 is 1.82 bits per heavy atom. The molecule has 120 valence electrons. The molecule has 3 rings (SSSR count). The van der Waals surface area contributed by atoms with E-state index in [0.29, 0.717) is 25.7 Å². The first-order chi connectivity index (χ1) is 10.7. The maximum absolute atomic E-state index is 12.1. The van der Waals surface area contributed by atoms with Crippen molar-refractivity contribution in [3.05, 3.63) is 27.8 Å². The first-order valence-corrected chi connectivity index (χ1v) is 8.79. The standard InChI is InChI=1S/C16H21IN2O3/c17-13-1-3-14(4-2-13)18-15(20)11-19-7-5-12(6-8-19)16-21-9-10-22-16/h1-4,12,16H,5-11H2,(H,18,20). The molecular weight excluding hydrogens is 395 g/mol. The summed E-state index contributed by atoms with van der Waals surface area (Å²) in [5.74, 6) is 0.519. The Bertz CT molecular complexity index is 495. The Morgan fingerprint density at radius 1 is 1.18 bits per heavy atom. The average Bonchev–Trinajstić information content (AvgIpc) is 3.05. The molecule has 0 atom stereocenters. The average molecular weight is 416 g/mol. The van der Waals surface area contributed by atoms with Crippen LogP contribution in [0, 0.1) is 9.49 Å². The van der Waals surface area contributed by atoms with Gasteiger partial charge in [0.2, 0.25) is 5.91 Å². The number of nitrogens with one attached hydrogen (secondary N) is 1. The van der Waals surface area contributed by atoms with E-state index in [1.165, 1.54) is 0 Å². The Balaban J connectivity index is 1.42. The van der Waals surface area contributed by atoms with Gasteiger partial charge in [0.1, 0.15) is 0 Å². The second-order valence-corrected chi connectivity index (χ2v) is 7.02. The van der Waals surface area contributed by atoms with Crippen molar-refractivity contribution in [3.63, 3.8) is 0 Å². The Morgan fingerprint density at radius 3 is 2.45 bits per heavy atom. The third-order valence-electron chi connectivity index (χ3n) is 4.16. The number of amides is 1. The molecule has 5 nitrogen and oxygen atoms in total. The van der Waals surface area contributed by atoms with E-state index < -0.39 is 0 Å². The molecule has 0 radical (unpaired) electrons. The van der Waals surface area contributed by atoms with Crippen molar-refractivity contribution in [3.8, 4) is 0 Å². The number of carbonyl (C=O) groups excluding carboxylic acids is 1. The lowest BCUT2D eigenvalue weighted by atomic mass is 9.96. The number of hydrogen-bond donors (Lipinski definition) is 1. The third-order valence-corrected chi connectivity index (χ3v) is 4.88. The Kier molecular flexibility index (Phi) is 5.67. The number of nitrogens with zero attached hydrogens (tertiary/aromatic N) is 1. The highest BCUT2D eigenvalue weighted by molar-refractivity contribution is 14.1. The number of benzene rings is 1. The van der Waals surface area contributed by atoms with Crippen LogP contribution in [0.1, 0.15) is 12.8 Å². The number of piperidine rings is 1. The number of hydrogen-bond acceptors (Lipinski definition) is 4. The van der Waals surface area contributed by atoms with Gasteiger partial charge in [-0.3, -0.25) is 9.69 Å². The minimum absolute atomic E-state index is 0.0252. The van der Waals surface area contributed by atoms with Crippen LogP contribution >= 0.6 is 22.6 Å². The van der Waals surface area contributed by atoms with E-state index in [1.54, 1.807) is 0 Å². The maximum Gasteiger partial charge on any atom is 0.238 e. The summed E-state index contributed by atoms with van der Waals surface area (Å²) in [7, 11) is 0. The molecule has 2 fully saturated rings. The van der Waals surface area contributed by atoms with Gasteiger partial charge >= 0.3 is 0 Å². The molecule has 6 heteroatoms. The molecule has 1 aromatic carbocycles. The molecular formula is C16H21IN2O3. The van der Waals surface area contributed by atoms with Gasteiger partial charge in [-0.15, -0.1) is 0 Å². The zero-order chi connectivity index (χ0) is 15.4. The molecule has 1 N–H and O–H groups in total. The summed E-state index contributed by atoms with van der Waals surface area (Å²) in [6, 6.07) is 7.84. The highest BCUT2D eigenvalue weighted by Gasteiger charge is 2.30. The number of likely N-dealkylation sites (tertiary alicyclic amines) is 1. The molecule has 0 saturated carbocycles. The van der Waals surface area contributed by atoms with Gasteiger partial charge in [0, 0.05) is 15.2 Å².